The molecule has 1 aromatic rings. The zero-order valence-corrected chi connectivity index (χ0v) is 12.4. The molecule has 7 nitrogen and oxygen atoms in total. The first-order valence-electron chi connectivity index (χ1n) is 6.68. The Morgan fingerprint density at radius 3 is 2.38 bits per heavy atom. The summed E-state index contributed by atoms with van der Waals surface area (Å²) in [6.07, 6.45) is 4.07. The second-order valence-electron chi connectivity index (χ2n) is 4.89. The van der Waals surface area contributed by atoms with Crippen molar-refractivity contribution < 1.29 is 18.0 Å². The summed E-state index contributed by atoms with van der Waals surface area (Å²) in [4.78, 5) is 27.1. The highest BCUT2D eigenvalue weighted by molar-refractivity contribution is 7.90. The van der Waals surface area contributed by atoms with Crippen LogP contribution in [0.15, 0.2) is 18.3 Å². The lowest BCUT2D eigenvalue weighted by molar-refractivity contribution is 0.0952. The zero-order chi connectivity index (χ0) is 15.5. The van der Waals surface area contributed by atoms with Crippen molar-refractivity contribution in [1.82, 2.24) is 15.0 Å². The number of amides is 2. The number of sulfonamides is 1. The average Bonchev–Trinajstić information content (AvgIpc) is 3.01. The topological polar surface area (TPSA) is 105 Å². The zero-order valence-electron chi connectivity index (χ0n) is 11.6. The molecule has 21 heavy (non-hydrogen) atoms. The molecule has 1 saturated carbocycles. The van der Waals surface area contributed by atoms with Crippen molar-refractivity contribution in [3.63, 3.8) is 0 Å². The number of nitrogens with zero attached hydrogens (tertiary/aromatic N) is 1. The summed E-state index contributed by atoms with van der Waals surface area (Å²) in [6.45, 7) is 0. The average molecular weight is 311 g/mol. The maximum absolute atomic E-state index is 12.0. The largest absolute Gasteiger partial charge is 0.354 e. The highest BCUT2D eigenvalue weighted by atomic mass is 32.2. The van der Waals surface area contributed by atoms with E-state index in [2.05, 4.69) is 15.0 Å². The van der Waals surface area contributed by atoms with E-state index in [0.717, 1.165) is 12.8 Å². The van der Waals surface area contributed by atoms with Crippen molar-refractivity contribution in [2.45, 2.75) is 30.9 Å². The Morgan fingerprint density at radius 2 is 1.86 bits per heavy atom. The molecule has 0 bridgehead atoms. The fourth-order valence-corrected chi connectivity index (χ4v) is 3.76. The van der Waals surface area contributed by atoms with E-state index < -0.39 is 21.2 Å². The van der Waals surface area contributed by atoms with E-state index >= 15 is 0 Å². The van der Waals surface area contributed by atoms with Gasteiger partial charge in [-0.15, -0.1) is 0 Å². The second kappa shape index (κ2) is 6.21. The van der Waals surface area contributed by atoms with Gasteiger partial charge in [0.2, 0.25) is 10.0 Å². The first-order chi connectivity index (χ1) is 9.94. The SMILES string of the molecule is CNC(=O)c1ccc(C(=O)NS(=O)(=O)C2CCCC2)cn1. The standard InChI is InChI=1S/C13H17N3O4S/c1-14-13(18)11-7-6-9(8-15-11)12(17)16-21(19,20)10-4-2-3-5-10/h6-8,10H,2-5H2,1H3,(H,14,18)(H,16,17). The molecule has 0 radical (unpaired) electrons. The highest BCUT2D eigenvalue weighted by Crippen LogP contribution is 2.24. The molecule has 1 aliphatic carbocycles. The summed E-state index contributed by atoms with van der Waals surface area (Å²) in [6, 6.07) is 2.74. The van der Waals surface area contributed by atoms with Gasteiger partial charge in [-0.3, -0.25) is 14.6 Å². The fourth-order valence-electron chi connectivity index (χ4n) is 2.26. The number of rotatable bonds is 4. The van der Waals surface area contributed by atoms with Gasteiger partial charge in [-0.25, -0.2) is 13.1 Å². The van der Waals surface area contributed by atoms with Crippen LogP contribution in [0.4, 0.5) is 0 Å². The van der Waals surface area contributed by atoms with E-state index in [4.69, 9.17) is 0 Å². The Morgan fingerprint density at radius 1 is 1.19 bits per heavy atom. The van der Waals surface area contributed by atoms with E-state index in [1.165, 1.54) is 25.4 Å². The summed E-state index contributed by atoms with van der Waals surface area (Å²) in [5.74, 6) is -1.10. The molecule has 0 aromatic carbocycles. The number of nitrogens with one attached hydrogen (secondary N) is 2. The lowest BCUT2D eigenvalue weighted by atomic mass is 10.2. The molecule has 2 N–H and O–H groups in total. The van der Waals surface area contributed by atoms with Crippen molar-refractivity contribution in [3.8, 4) is 0 Å². The third-order valence-corrected chi connectivity index (χ3v) is 5.28. The van der Waals surface area contributed by atoms with Gasteiger partial charge < -0.3 is 5.32 Å². The van der Waals surface area contributed by atoms with Gasteiger partial charge in [0.25, 0.3) is 11.8 Å². The van der Waals surface area contributed by atoms with Crippen LogP contribution in [-0.4, -0.2) is 37.5 Å². The van der Waals surface area contributed by atoms with Crippen LogP contribution in [0.5, 0.6) is 0 Å². The smallest absolute Gasteiger partial charge is 0.269 e. The Hall–Kier alpha value is -1.96. The number of carbonyl (C=O) groups excluding carboxylic acids is 2. The van der Waals surface area contributed by atoms with E-state index in [1.807, 2.05) is 0 Å². The summed E-state index contributed by atoms with van der Waals surface area (Å²) >= 11 is 0. The molecule has 1 fully saturated rings. The van der Waals surface area contributed by atoms with E-state index in [1.54, 1.807) is 0 Å². The third-order valence-electron chi connectivity index (χ3n) is 3.46. The van der Waals surface area contributed by atoms with Crippen molar-refractivity contribution in [2.24, 2.45) is 0 Å². The van der Waals surface area contributed by atoms with Crippen LogP contribution < -0.4 is 10.0 Å². The van der Waals surface area contributed by atoms with Crippen LogP contribution in [-0.2, 0) is 10.0 Å². The molecule has 0 atom stereocenters. The molecule has 2 rings (SSSR count). The number of hydrogen-bond acceptors (Lipinski definition) is 5. The molecule has 2 amide bonds. The monoisotopic (exact) mass is 311 g/mol. The molecular weight excluding hydrogens is 294 g/mol. The van der Waals surface area contributed by atoms with Crippen molar-refractivity contribution >= 4 is 21.8 Å². The van der Waals surface area contributed by atoms with Crippen molar-refractivity contribution in [1.29, 1.82) is 0 Å². The summed E-state index contributed by atoms with van der Waals surface area (Å²) in [5, 5.41) is 1.91. The first kappa shape index (κ1) is 15.4. The number of carbonyl (C=O) groups is 2. The van der Waals surface area contributed by atoms with E-state index in [9.17, 15) is 18.0 Å². The van der Waals surface area contributed by atoms with Gasteiger partial charge in [0.1, 0.15) is 5.69 Å². The van der Waals surface area contributed by atoms with Gasteiger partial charge in [0.05, 0.1) is 10.8 Å². The van der Waals surface area contributed by atoms with Gasteiger partial charge >= 0.3 is 0 Å². The Labute approximate surface area is 123 Å². The minimum atomic E-state index is -3.65. The predicted octanol–water partition coefficient (Wildman–Crippen LogP) is 0.443. The van der Waals surface area contributed by atoms with Crippen LogP contribution in [0.2, 0.25) is 0 Å². The van der Waals surface area contributed by atoms with Crippen LogP contribution in [0.3, 0.4) is 0 Å². The molecule has 8 heteroatoms. The maximum Gasteiger partial charge on any atom is 0.269 e. The molecule has 0 unspecified atom stereocenters. The minimum absolute atomic E-state index is 0.101. The third kappa shape index (κ3) is 3.57. The second-order valence-corrected chi connectivity index (χ2v) is 6.85. The van der Waals surface area contributed by atoms with Crippen LogP contribution in [0, 0.1) is 0 Å². The highest BCUT2D eigenvalue weighted by Gasteiger charge is 2.30. The number of aromatic nitrogens is 1. The molecular formula is C13H17N3O4S. The molecule has 0 saturated heterocycles. The number of pyridine rings is 1. The van der Waals surface area contributed by atoms with Crippen molar-refractivity contribution in [2.75, 3.05) is 7.05 Å². The first-order valence-corrected chi connectivity index (χ1v) is 8.23. The lowest BCUT2D eigenvalue weighted by Gasteiger charge is -2.12. The van der Waals surface area contributed by atoms with Crippen LogP contribution in [0.25, 0.3) is 0 Å². The predicted molar refractivity (Wildman–Crippen MR) is 76.3 cm³/mol. The lowest BCUT2D eigenvalue weighted by Crippen LogP contribution is -2.37. The van der Waals surface area contributed by atoms with Crippen LogP contribution >= 0.6 is 0 Å². The van der Waals surface area contributed by atoms with Gasteiger partial charge in [-0.05, 0) is 25.0 Å². The Bertz CT molecular complexity index is 634. The minimum Gasteiger partial charge on any atom is -0.354 e. The maximum atomic E-state index is 12.0. The molecule has 0 spiro atoms. The van der Waals surface area contributed by atoms with Crippen LogP contribution in [0.1, 0.15) is 46.5 Å². The van der Waals surface area contributed by atoms with Gasteiger partial charge in [-0.2, -0.15) is 0 Å². The molecule has 0 aliphatic heterocycles. The van der Waals surface area contributed by atoms with Crippen molar-refractivity contribution in [3.05, 3.63) is 29.6 Å². The Kier molecular flexibility index (Phi) is 4.56. The summed E-state index contributed by atoms with van der Waals surface area (Å²) < 4.78 is 26.1. The van der Waals surface area contributed by atoms with Gasteiger partial charge in [-0.1, -0.05) is 12.8 Å². The molecule has 1 heterocycles. The Balaban J connectivity index is 2.08. The fraction of sp³-hybridized carbons (Fsp3) is 0.462. The normalized spacial score (nSPS) is 15.7. The molecule has 114 valence electrons. The van der Waals surface area contributed by atoms with E-state index in [0.29, 0.717) is 12.8 Å². The molecule has 1 aliphatic rings. The van der Waals surface area contributed by atoms with Gasteiger partial charge in [0.15, 0.2) is 0 Å². The number of hydrogen-bond donors (Lipinski definition) is 2. The summed E-state index contributed by atoms with van der Waals surface area (Å²) in [5.41, 5.74) is 0.261. The van der Waals surface area contributed by atoms with E-state index in [-0.39, 0.29) is 17.2 Å². The molecule has 1 aromatic heterocycles. The quantitative estimate of drug-likeness (QED) is 0.839. The summed E-state index contributed by atoms with van der Waals surface area (Å²) in [7, 11) is -2.17. The van der Waals surface area contributed by atoms with Gasteiger partial charge in [0, 0.05) is 13.2 Å².